The Morgan fingerprint density at radius 1 is 1.40 bits per heavy atom. The molecule has 1 aromatic heterocycles. The van der Waals surface area contributed by atoms with Gasteiger partial charge in [-0.2, -0.15) is 13.2 Å². The molecule has 3 rings (SSSR count). The van der Waals surface area contributed by atoms with Crippen LogP contribution in [-0.2, 0) is 10.9 Å². The van der Waals surface area contributed by atoms with Crippen molar-refractivity contribution in [2.45, 2.75) is 31.7 Å². The second-order valence-corrected chi connectivity index (χ2v) is 5.35. The quantitative estimate of drug-likeness (QED) is 0.805. The number of rotatable bonds is 1. The SMILES string of the molecule is CC1OCCC1n1c(=S)[nH]c2cc(C(F)(F)F)ccc21. The van der Waals surface area contributed by atoms with E-state index >= 15 is 0 Å². The van der Waals surface area contributed by atoms with Gasteiger partial charge < -0.3 is 14.3 Å². The fourth-order valence-corrected chi connectivity index (χ4v) is 3.04. The van der Waals surface area contributed by atoms with Crippen LogP contribution >= 0.6 is 12.2 Å². The number of benzene rings is 1. The van der Waals surface area contributed by atoms with Gasteiger partial charge in [0.15, 0.2) is 4.77 Å². The molecule has 2 heterocycles. The van der Waals surface area contributed by atoms with Crippen molar-refractivity contribution in [3.8, 4) is 0 Å². The number of aromatic amines is 1. The zero-order chi connectivity index (χ0) is 14.5. The van der Waals surface area contributed by atoms with Gasteiger partial charge in [0.05, 0.1) is 28.7 Å². The van der Waals surface area contributed by atoms with Gasteiger partial charge in [-0.15, -0.1) is 0 Å². The molecule has 1 aliphatic heterocycles. The van der Waals surface area contributed by atoms with Crippen molar-refractivity contribution in [3.63, 3.8) is 0 Å². The summed E-state index contributed by atoms with van der Waals surface area (Å²) in [6.45, 7) is 2.59. The maximum absolute atomic E-state index is 12.7. The summed E-state index contributed by atoms with van der Waals surface area (Å²) in [4.78, 5) is 2.86. The number of halogens is 3. The van der Waals surface area contributed by atoms with Crippen molar-refractivity contribution >= 4 is 23.3 Å². The minimum Gasteiger partial charge on any atom is -0.376 e. The molecule has 0 amide bonds. The van der Waals surface area contributed by atoms with Crippen LogP contribution in [0.15, 0.2) is 18.2 Å². The number of hydrogen-bond acceptors (Lipinski definition) is 2. The van der Waals surface area contributed by atoms with Crippen molar-refractivity contribution in [2.24, 2.45) is 0 Å². The summed E-state index contributed by atoms with van der Waals surface area (Å²) in [5.74, 6) is 0. The summed E-state index contributed by atoms with van der Waals surface area (Å²) in [6.07, 6.45) is -3.54. The van der Waals surface area contributed by atoms with Crippen LogP contribution in [0.1, 0.15) is 24.9 Å². The molecule has 2 atom stereocenters. The molecule has 1 saturated heterocycles. The van der Waals surface area contributed by atoms with Crippen LogP contribution in [0.5, 0.6) is 0 Å². The molecular weight excluding hydrogens is 289 g/mol. The molecule has 1 aromatic carbocycles. The molecular formula is C13H13F3N2OS. The van der Waals surface area contributed by atoms with Gasteiger partial charge in [0.25, 0.3) is 0 Å². The minimum absolute atomic E-state index is 0.00277. The molecule has 0 aliphatic carbocycles. The van der Waals surface area contributed by atoms with E-state index in [4.69, 9.17) is 17.0 Å². The molecule has 7 heteroatoms. The summed E-state index contributed by atoms with van der Waals surface area (Å²) >= 11 is 5.25. The van der Waals surface area contributed by atoms with E-state index in [2.05, 4.69) is 4.98 Å². The van der Waals surface area contributed by atoms with Crippen LogP contribution < -0.4 is 0 Å². The van der Waals surface area contributed by atoms with Crippen LogP contribution in [0.25, 0.3) is 11.0 Å². The molecule has 0 bridgehead atoms. The second-order valence-electron chi connectivity index (χ2n) is 4.96. The van der Waals surface area contributed by atoms with Gasteiger partial charge in [0.1, 0.15) is 0 Å². The standard InChI is InChI=1S/C13H13F3N2OS/c1-7-10(4-5-19-7)18-11-3-2-8(13(14,15)16)6-9(11)17-12(18)20/h2-3,6-7,10H,4-5H2,1H3,(H,17,20). The van der Waals surface area contributed by atoms with Gasteiger partial charge in [-0.05, 0) is 43.8 Å². The number of ether oxygens (including phenoxy) is 1. The summed E-state index contributed by atoms with van der Waals surface area (Å²) in [7, 11) is 0. The third-order valence-electron chi connectivity index (χ3n) is 3.71. The normalized spacial score (nSPS) is 23.6. The topological polar surface area (TPSA) is 29.9 Å². The Balaban J connectivity index is 2.15. The highest BCUT2D eigenvalue weighted by molar-refractivity contribution is 7.71. The number of fused-ring (bicyclic) bond motifs is 1. The highest BCUT2D eigenvalue weighted by atomic mass is 32.1. The van der Waals surface area contributed by atoms with E-state index in [1.807, 2.05) is 11.5 Å². The third kappa shape index (κ3) is 2.14. The predicted octanol–water partition coefficient (Wildman–Crippen LogP) is 4.07. The Morgan fingerprint density at radius 3 is 2.75 bits per heavy atom. The first-order valence-corrected chi connectivity index (χ1v) is 6.72. The number of nitrogens with zero attached hydrogens (tertiary/aromatic N) is 1. The van der Waals surface area contributed by atoms with Gasteiger partial charge in [-0.25, -0.2) is 0 Å². The maximum Gasteiger partial charge on any atom is 0.416 e. The van der Waals surface area contributed by atoms with E-state index in [0.717, 1.165) is 18.6 Å². The summed E-state index contributed by atoms with van der Waals surface area (Å²) in [6, 6.07) is 3.72. The van der Waals surface area contributed by atoms with Gasteiger partial charge in [0, 0.05) is 6.61 Å². The molecule has 0 spiro atoms. The summed E-state index contributed by atoms with van der Waals surface area (Å²) in [5, 5.41) is 0. The Kier molecular flexibility index (Phi) is 3.13. The largest absolute Gasteiger partial charge is 0.416 e. The fraction of sp³-hybridized carbons (Fsp3) is 0.462. The average molecular weight is 302 g/mol. The molecule has 1 fully saturated rings. The smallest absolute Gasteiger partial charge is 0.376 e. The summed E-state index contributed by atoms with van der Waals surface area (Å²) < 4.78 is 46.0. The zero-order valence-corrected chi connectivity index (χ0v) is 11.5. The number of hydrogen-bond donors (Lipinski definition) is 1. The Bertz CT molecular complexity index is 704. The molecule has 3 nitrogen and oxygen atoms in total. The lowest BCUT2D eigenvalue weighted by Gasteiger charge is -2.17. The Morgan fingerprint density at radius 2 is 2.15 bits per heavy atom. The molecule has 2 aromatic rings. The van der Waals surface area contributed by atoms with Crippen molar-refractivity contribution in [2.75, 3.05) is 6.61 Å². The van der Waals surface area contributed by atoms with Gasteiger partial charge in [0.2, 0.25) is 0 Å². The van der Waals surface area contributed by atoms with Crippen molar-refractivity contribution in [1.82, 2.24) is 9.55 Å². The zero-order valence-electron chi connectivity index (χ0n) is 10.7. The number of H-pyrrole nitrogens is 1. The molecule has 0 radical (unpaired) electrons. The first-order chi connectivity index (χ1) is 9.38. The number of alkyl halides is 3. The lowest BCUT2D eigenvalue weighted by Crippen LogP contribution is -2.16. The van der Waals surface area contributed by atoms with Gasteiger partial charge in [-0.3, -0.25) is 0 Å². The highest BCUT2D eigenvalue weighted by Crippen LogP contribution is 2.34. The van der Waals surface area contributed by atoms with Crippen LogP contribution in [0.2, 0.25) is 0 Å². The first-order valence-electron chi connectivity index (χ1n) is 6.31. The van der Waals surface area contributed by atoms with E-state index < -0.39 is 11.7 Å². The predicted molar refractivity (Wildman–Crippen MR) is 71.2 cm³/mol. The van der Waals surface area contributed by atoms with Crippen LogP contribution in [-0.4, -0.2) is 22.3 Å². The Hall–Kier alpha value is -1.34. The number of nitrogens with one attached hydrogen (secondary N) is 1. The fourth-order valence-electron chi connectivity index (χ4n) is 2.70. The van der Waals surface area contributed by atoms with Crippen LogP contribution in [0.4, 0.5) is 13.2 Å². The highest BCUT2D eigenvalue weighted by Gasteiger charge is 2.32. The molecule has 0 saturated carbocycles. The van der Waals surface area contributed by atoms with E-state index in [-0.39, 0.29) is 12.1 Å². The van der Waals surface area contributed by atoms with Crippen LogP contribution in [0.3, 0.4) is 0 Å². The van der Waals surface area contributed by atoms with E-state index in [1.165, 1.54) is 6.07 Å². The monoisotopic (exact) mass is 302 g/mol. The average Bonchev–Trinajstić information content (AvgIpc) is 2.89. The molecule has 1 aliphatic rings. The maximum atomic E-state index is 12.7. The van der Waals surface area contributed by atoms with Crippen molar-refractivity contribution in [1.29, 1.82) is 0 Å². The van der Waals surface area contributed by atoms with Crippen molar-refractivity contribution < 1.29 is 17.9 Å². The first kappa shape index (κ1) is 13.6. The third-order valence-corrected chi connectivity index (χ3v) is 4.01. The number of imidazole rings is 1. The molecule has 108 valence electrons. The Labute approximate surface area is 118 Å². The van der Waals surface area contributed by atoms with E-state index in [9.17, 15) is 13.2 Å². The molecule has 1 N–H and O–H groups in total. The lowest BCUT2D eigenvalue weighted by molar-refractivity contribution is -0.137. The second kappa shape index (κ2) is 4.60. The van der Waals surface area contributed by atoms with Crippen molar-refractivity contribution in [3.05, 3.63) is 28.5 Å². The molecule has 2 unspecified atom stereocenters. The number of aromatic nitrogens is 2. The van der Waals surface area contributed by atoms with Gasteiger partial charge >= 0.3 is 6.18 Å². The van der Waals surface area contributed by atoms with E-state index in [1.54, 1.807) is 0 Å². The molecule has 20 heavy (non-hydrogen) atoms. The summed E-state index contributed by atoms with van der Waals surface area (Å²) in [5.41, 5.74) is 0.415. The van der Waals surface area contributed by atoms with Crippen LogP contribution in [0, 0.1) is 4.77 Å². The van der Waals surface area contributed by atoms with Gasteiger partial charge in [-0.1, -0.05) is 0 Å². The minimum atomic E-state index is -4.35. The lowest BCUT2D eigenvalue weighted by atomic mass is 10.1. The van der Waals surface area contributed by atoms with E-state index in [0.29, 0.717) is 22.4 Å².